The number of esters is 1. The Kier molecular flexibility index (Phi) is 13.1. The van der Waals surface area contributed by atoms with Crippen molar-refractivity contribution in [2.75, 3.05) is 6.61 Å². The lowest BCUT2D eigenvalue weighted by atomic mass is 10.1. The van der Waals surface area contributed by atoms with Crippen LogP contribution >= 0.6 is 12.6 Å². The molecule has 1 atom stereocenters. The highest BCUT2D eigenvalue weighted by Crippen LogP contribution is 2.10. The molecule has 18 heavy (non-hydrogen) atoms. The summed E-state index contributed by atoms with van der Waals surface area (Å²) < 4.78 is 5.06. The lowest BCUT2D eigenvalue weighted by molar-refractivity contribution is -0.142. The first-order valence-electron chi connectivity index (χ1n) is 7.53. The van der Waals surface area contributed by atoms with E-state index < -0.39 is 0 Å². The first kappa shape index (κ1) is 17.8. The smallest absolute Gasteiger partial charge is 0.318 e. The number of hydrogen-bond acceptors (Lipinski definition) is 3. The highest BCUT2D eigenvalue weighted by atomic mass is 32.1. The molecule has 0 spiro atoms. The largest absolute Gasteiger partial charge is 0.465 e. The summed E-state index contributed by atoms with van der Waals surface area (Å²) in [6, 6.07) is 0. The van der Waals surface area contributed by atoms with E-state index >= 15 is 0 Å². The lowest BCUT2D eigenvalue weighted by Crippen LogP contribution is -2.15. The number of carbonyl (C=O) groups is 1. The molecule has 0 saturated heterocycles. The average molecular weight is 274 g/mol. The number of ether oxygens (including phenoxy) is 1. The zero-order chi connectivity index (χ0) is 13.6. The molecule has 0 radical (unpaired) electrons. The fraction of sp³-hybridized carbons (Fsp3) is 0.933. The van der Waals surface area contributed by atoms with Crippen LogP contribution in [0.4, 0.5) is 0 Å². The van der Waals surface area contributed by atoms with Crippen molar-refractivity contribution in [2.45, 2.75) is 83.3 Å². The van der Waals surface area contributed by atoms with Crippen LogP contribution in [0.2, 0.25) is 0 Å². The average Bonchev–Trinajstić information content (AvgIpc) is 2.35. The Bertz CT molecular complexity index is 193. The van der Waals surface area contributed by atoms with Gasteiger partial charge in [-0.3, -0.25) is 4.79 Å². The van der Waals surface area contributed by atoms with E-state index in [1.54, 1.807) is 6.92 Å². The van der Waals surface area contributed by atoms with Crippen LogP contribution < -0.4 is 0 Å². The monoisotopic (exact) mass is 274 g/mol. The van der Waals surface area contributed by atoms with E-state index in [4.69, 9.17) is 4.74 Å². The molecule has 0 saturated carbocycles. The summed E-state index contributed by atoms with van der Waals surface area (Å²) in [4.78, 5) is 11.1. The lowest BCUT2D eigenvalue weighted by Gasteiger charge is -2.06. The Morgan fingerprint density at radius 1 is 0.944 bits per heavy atom. The quantitative estimate of drug-likeness (QED) is 0.315. The van der Waals surface area contributed by atoms with Gasteiger partial charge in [0.05, 0.1) is 11.9 Å². The predicted octanol–water partition coefficient (Wildman–Crippen LogP) is 4.77. The van der Waals surface area contributed by atoms with Crippen molar-refractivity contribution >= 4 is 18.6 Å². The van der Waals surface area contributed by atoms with Crippen LogP contribution in [0.3, 0.4) is 0 Å². The molecular formula is C15H30O2S. The standard InChI is InChI=1S/C15H30O2S/c1-3-4-5-6-7-8-9-10-11-12-13-17-15(16)14(2)18/h14,18H,3-13H2,1-2H3. The number of hydrogen-bond donors (Lipinski definition) is 1. The van der Waals surface area contributed by atoms with Gasteiger partial charge >= 0.3 is 5.97 Å². The molecule has 3 heteroatoms. The molecule has 0 bridgehead atoms. The third-order valence-corrected chi connectivity index (χ3v) is 3.29. The number of rotatable bonds is 12. The Labute approximate surface area is 118 Å². The molecule has 0 N–H and O–H groups in total. The second-order valence-corrected chi connectivity index (χ2v) is 5.80. The maximum Gasteiger partial charge on any atom is 0.318 e. The minimum atomic E-state index is -0.298. The second-order valence-electron chi connectivity index (χ2n) is 5.03. The maximum absolute atomic E-state index is 11.1. The fourth-order valence-electron chi connectivity index (χ4n) is 1.88. The van der Waals surface area contributed by atoms with Crippen molar-refractivity contribution in [3.8, 4) is 0 Å². The fourth-order valence-corrected chi connectivity index (χ4v) is 1.96. The van der Waals surface area contributed by atoms with Gasteiger partial charge in [-0.2, -0.15) is 12.6 Å². The maximum atomic E-state index is 11.1. The van der Waals surface area contributed by atoms with Gasteiger partial charge < -0.3 is 4.74 Å². The number of thiol groups is 1. The zero-order valence-electron chi connectivity index (χ0n) is 12.1. The van der Waals surface area contributed by atoms with Gasteiger partial charge in [-0.25, -0.2) is 0 Å². The minimum Gasteiger partial charge on any atom is -0.465 e. The molecule has 0 fully saturated rings. The molecule has 0 rings (SSSR count). The van der Waals surface area contributed by atoms with E-state index in [9.17, 15) is 4.79 Å². The molecule has 0 aliphatic heterocycles. The van der Waals surface area contributed by atoms with E-state index in [-0.39, 0.29) is 11.2 Å². The topological polar surface area (TPSA) is 26.3 Å². The normalized spacial score (nSPS) is 12.4. The van der Waals surface area contributed by atoms with E-state index in [0.29, 0.717) is 6.61 Å². The molecule has 1 unspecified atom stereocenters. The van der Waals surface area contributed by atoms with Crippen LogP contribution in [0, 0.1) is 0 Å². The van der Waals surface area contributed by atoms with Crippen LogP contribution in [0.25, 0.3) is 0 Å². The van der Waals surface area contributed by atoms with Gasteiger partial charge in [-0.05, 0) is 13.3 Å². The summed E-state index contributed by atoms with van der Waals surface area (Å²) >= 11 is 4.02. The van der Waals surface area contributed by atoms with Gasteiger partial charge in [0.1, 0.15) is 0 Å². The van der Waals surface area contributed by atoms with Crippen LogP contribution in [0.1, 0.15) is 78.1 Å². The number of unbranched alkanes of at least 4 members (excludes halogenated alkanes) is 9. The van der Waals surface area contributed by atoms with E-state index in [1.165, 1.54) is 57.8 Å². The van der Waals surface area contributed by atoms with Crippen molar-refractivity contribution in [1.29, 1.82) is 0 Å². The molecule has 0 aromatic carbocycles. The van der Waals surface area contributed by atoms with E-state index in [2.05, 4.69) is 19.6 Å². The van der Waals surface area contributed by atoms with Gasteiger partial charge in [0, 0.05) is 0 Å². The van der Waals surface area contributed by atoms with Gasteiger partial charge in [-0.1, -0.05) is 64.7 Å². The molecule has 2 nitrogen and oxygen atoms in total. The Morgan fingerprint density at radius 3 is 1.83 bits per heavy atom. The highest BCUT2D eigenvalue weighted by Gasteiger charge is 2.07. The molecule has 108 valence electrons. The summed E-state index contributed by atoms with van der Waals surface area (Å²) in [5, 5.41) is -0.298. The van der Waals surface area contributed by atoms with Crippen LogP contribution in [0.5, 0.6) is 0 Å². The van der Waals surface area contributed by atoms with Gasteiger partial charge in [0.15, 0.2) is 0 Å². The molecule has 0 heterocycles. The van der Waals surface area contributed by atoms with Crippen molar-refractivity contribution < 1.29 is 9.53 Å². The van der Waals surface area contributed by atoms with Gasteiger partial charge in [-0.15, -0.1) is 0 Å². The Morgan fingerprint density at radius 2 is 1.39 bits per heavy atom. The van der Waals surface area contributed by atoms with E-state index in [0.717, 1.165) is 6.42 Å². The second kappa shape index (κ2) is 13.3. The minimum absolute atomic E-state index is 0.200. The number of carbonyl (C=O) groups excluding carboxylic acids is 1. The van der Waals surface area contributed by atoms with Crippen LogP contribution in [-0.2, 0) is 9.53 Å². The molecule has 0 aromatic rings. The SMILES string of the molecule is CCCCCCCCCCCCOC(=O)C(C)S. The van der Waals surface area contributed by atoms with Crippen molar-refractivity contribution in [3.05, 3.63) is 0 Å². The van der Waals surface area contributed by atoms with Crippen molar-refractivity contribution in [1.82, 2.24) is 0 Å². The molecule has 0 aliphatic rings. The zero-order valence-corrected chi connectivity index (χ0v) is 13.0. The summed E-state index contributed by atoms with van der Waals surface area (Å²) in [7, 11) is 0. The summed E-state index contributed by atoms with van der Waals surface area (Å²) in [6.45, 7) is 4.55. The highest BCUT2D eigenvalue weighted by molar-refractivity contribution is 7.81. The first-order chi connectivity index (χ1) is 8.68. The Balaban J connectivity index is 3.05. The van der Waals surface area contributed by atoms with Gasteiger partial charge in [0.2, 0.25) is 0 Å². The van der Waals surface area contributed by atoms with Gasteiger partial charge in [0.25, 0.3) is 0 Å². The Hall–Kier alpha value is -0.180. The summed E-state index contributed by atoms with van der Waals surface area (Å²) in [5.41, 5.74) is 0. The third kappa shape index (κ3) is 12.3. The molecule has 0 amide bonds. The molecule has 0 aliphatic carbocycles. The van der Waals surface area contributed by atoms with E-state index in [1.807, 2.05) is 0 Å². The van der Waals surface area contributed by atoms with Crippen LogP contribution in [0.15, 0.2) is 0 Å². The third-order valence-electron chi connectivity index (χ3n) is 3.08. The molecular weight excluding hydrogens is 244 g/mol. The molecule has 0 aromatic heterocycles. The van der Waals surface area contributed by atoms with Crippen molar-refractivity contribution in [2.24, 2.45) is 0 Å². The summed E-state index contributed by atoms with van der Waals surface area (Å²) in [5.74, 6) is -0.200. The first-order valence-corrected chi connectivity index (χ1v) is 8.04. The van der Waals surface area contributed by atoms with Crippen molar-refractivity contribution in [3.63, 3.8) is 0 Å². The summed E-state index contributed by atoms with van der Waals surface area (Å²) in [6.07, 6.45) is 13.0. The van der Waals surface area contributed by atoms with Crippen LogP contribution in [-0.4, -0.2) is 17.8 Å². The predicted molar refractivity (Wildman–Crippen MR) is 81.3 cm³/mol.